The number of fused-ring (bicyclic) bond motifs is 1. The lowest BCUT2D eigenvalue weighted by Gasteiger charge is -2.27. The van der Waals surface area contributed by atoms with Crippen molar-refractivity contribution in [1.82, 2.24) is 4.98 Å². The van der Waals surface area contributed by atoms with Crippen molar-refractivity contribution in [2.45, 2.75) is 32.0 Å². The molecule has 2 N–H and O–H groups in total. The van der Waals surface area contributed by atoms with E-state index in [4.69, 9.17) is 4.74 Å². The molecule has 0 aliphatic heterocycles. The van der Waals surface area contributed by atoms with Gasteiger partial charge < -0.3 is 14.8 Å². The molecule has 1 aliphatic rings. The van der Waals surface area contributed by atoms with Crippen molar-refractivity contribution in [3.8, 4) is 0 Å². The highest BCUT2D eigenvalue weighted by Crippen LogP contribution is 2.33. The van der Waals surface area contributed by atoms with E-state index in [0.717, 1.165) is 5.69 Å². The molecule has 0 bridgehead atoms. The Hall–Kier alpha value is -1.62. The topological polar surface area (TPSA) is 79.4 Å². The third-order valence-electron chi connectivity index (χ3n) is 2.81. The van der Waals surface area contributed by atoms with Crippen LogP contribution in [-0.4, -0.2) is 28.4 Å². The van der Waals surface area contributed by atoms with Crippen molar-refractivity contribution >= 4 is 12.3 Å². The van der Waals surface area contributed by atoms with E-state index in [1.807, 2.05) is 0 Å². The van der Waals surface area contributed by atoms with Crippen LogP contribution in [0, 0.1) is 0 Å². The van der Waals surface area contributed by atoms with Gasteiger partial charge in [0.15, 0.2) is 6.29 Å². The Morgan fingerprint density at radius 2 is 2.44 bits per heavy atom. The maximum atomic E-state index is 10.9. The van der Waals surface area contributed by atoms with Gasteiger partial charge in [0.05, 0.1) is 0 Å². The van der Waals surface area contributed by atoms with Gasteiger partial charge in [0.25, 0.3) is 0 Å². The number of aromatic amines is 1. The Balaban J connectivity index is 2.29. The highest BCUT2D eigenvalue weighted by molar-refractivity contribution is 5.78. The predicted octanol–water partition coefficient (Wildman–Crippen LogP) is 0.738. The van der Waals surface area contributed by atoms with Gasteiger partial charge in [-0.2, -0.15) is 0 Å². The molecule has 0 saturated carbocycles. The van der Waals surface area contributed by atoms with Crippen LogP contribution in [0.5, 0.6) is 0 Å². The van der Waals surface area contributed by atoms with E-state index in [1.54, 1.807) is 6.20 Å². The van der Waals surface area contributed by atoms with Crippen LogP contribution < -0.4 is 0 Å². The average Bonchev–Trinajstić information content (AvgIpc) is 2.65. The lowest BCUT2D eigenvalue weighted by atomic mass is 9.90. The van der Waals surface area contributed by atoms with E-state index < -0.39 is 18.2 Å². The zero-order valence-electron chi connectivity index (χ0n) is 8.90. The van der Waals surface area contributed by atoms with E-state index in [2.05, 4.69) is 4.98 Å². The number of H-pyrrole nitrogens is 1. The van der Waals surface area contributed by atoms with Gasteiger partial charge in [-0.3, -0.25) is 9.59 Å². The molecular weight excluding hydrogens is 210 g/mol. The molecule has 5 heteroatoms. The smallest absolute Gasteiger partial charge is 0.303 e. The molecule has 0 unspecified atom stereocenters. The summed E-state index contributed by atoms with van der Waals surface area (Å²) < 4.78 is 5.01. The van der Waals surface area contributed by atoms with Crippen LogP contribution in [0.2, 0.25) is 0 Å². The summed E-state index contributed by atoms with van der Waals surface area (Å²) in [6, 6.07) is 0. The molecule has 0 aromatic carbocycles. The molecular formula is C11H13NO4. The number of rotatable bonds is 2. The van der Waals surface area contributed by atoms with Gasteiger partial charge in [-0.05, 0) is 12.8 Å². The lowest BCUT2D eigenvalue weighted by Crippen LogP contribution is -2.29. The first kappa shape index (κ1) is 10.9. The van der Waals surface area contributed by atoms with Gasteiger partial charge in [0.1, 0.15) is 12.2 Å². The van der Waals surface area contributed by atoms with Gasteiger partial charge in [-0.1, -0.05) is 0 Å². The minimum atomic E-state index is -0.918. The Morgan fingerprint density at radius 1 is 1.69 bits per heavy atom. The number of aromatic nitrogens is 1. The molecule has 0 fully saturated rings. The summed E-state index contributed by atoms with van der Waals surface area (Å²) in [5.41, 5.74) is 1.84. The monoisotopic (exact) mass is 223 g/mol. The lowest BCUT2D eigenvalue weighted by molar-refractivity contribution is -0.153. The zero-order valence-corrected chi connectivity index (χ0v) is 8.90. The second kappa shape index (κ2) is 4.09. The number of carbonyl (C=O) groups is 2. The first-order valence-corrected chi connectivity index (χ1v) is 5.14. The van der Waals surface area contributed by atoms with Crippen molar-refractivity contribution in [2.75, 3.05) is 0 Å². The fourth-order valence-corrected chi connectivity index (χ4v) is 2.12. The van der Waals surface area contributed by atoms with Gasteiger partial charge in [0.2, 0.25) is 0 Å². The molecule has 2 rings (SSSR count). The second-order valence-corrected chi connectivity index (χ2v) is 3.89. The van der Waals surface area contributed by atoms with E-state index in [0.29, 0.717) is 30.3 Å². The standard InChI is InChI=1S/C11H13NO4/c1-6(14)16-9-3-2-8-10(11(9)15)7(5-13)4-12-8/h4-5,9,11-12,15H,2-3H2,1H3/t9-,11+/m0/s1. The van der Waals surface area contributed by atoms with Crippen molar-refractivity contribution in [3.63, 3.8) is 0 Å². The summed E-state index contributed by atoms with van der Waals surface area (Å²) in [5.74, 6) is -0.421. The third kappa shape index (κ3) is 1.74. The Labute approximate surface area is 92.4 Å². The quantitative estimate of drug-likeness (QED) is 0.572. The maximum Gasteiger partial charge on any atom is 0.303 e. The Kier molecular flexibility index (Phi) is 2.78. The van der Waals surface area contributed by atoms with E-state index in [9.17, 15) is 14.7 Å². The molecule has 86 valence electrons. The highest BCUT2D eigenvalue weighted by Gasteiger charge is 2.33. The Morgan fingerprint density at radius 3 is 3.06 bits per heavy atom. The summed E-state index contributed by atoms with van der Waals surface area (Å²) in [4.78, 5) is 24.6. The van der Waals surface area contributed by atoms with Crippen LogP contribution in [0.15, 0.2) is 6.20 Å². The SMILES string of the molecule is CC(=O)O[C@H]1CCc2[nH]cc(C=O)c2[C@@H]1O. The molecule has 5 nitrogen and oxygen atoms in total. The fraction of sp³-hybridized carbons (Fsp3) is 0.455. The molecule has 0 spiro atoms. The van der Waals surface area contributed by atoms with E-state index in [-0.39, 0.29) is 0 Å². The van der Waals surface area contributed by atoms with Crippen molar-refractivity contribution in [2.24, 2.45) is 0 Å². The summed E-state index contributed by atoms with van der Waals surface area (Å²) in [5, 5.41) is 10.0. The minimum absolute atomic E-state index is 0.421. The molecule has 1 aromatic rings. The Bertz CT molecular complexity index is 424. The van der Waals surface area contributed by atoms with Crippen molar-refractivity contribution in [1.29, 1.82) is 0 Å². The predicted molar refractivity (Wildman–Crippen MR) is 55.0 cm³/mol. The average molecular weight is 223 g/mol. The number of aldehydes is 1. The molecule has 0 amide bonds. The van der Waals surface area contributed by atoms with Crippen LogP contribution in [0.1, 0.15) is 41.1 Å². The van der Waals surface area contributed by atoms with Crippen LogP contribution in [0.4, 0.5) is 0 Å². The van der Waals surface area contributed by atoms with Crippen LogP contribution in [-0.2, 0) is 16.0 Å². The largest absolute Gasteiger partial charge is 0.459 e. The fourth-order valence-electron chi connectivity index (χ4n) is 2.12. The molecule has 0 radical (unpaired) electrons. The summed E-state index contributed by atoms with van der Waals surface area (Å²) in [7, 11) is 0. The number of nitrogens with one attached hydrogen (secondary N) is 1. The first-order valence-electron chi connectivity index (χ1n) is 5.14. The highest BCUT2D eigenvalue weighted by atomic mass is 16.6. The van der Waals surface area contributed by atoms with Gasteiger partial charge in [0, 0.05) is 29.9 Å². The van der Waals surface area contributed by atoms with E-state index in [1.165, 1.54) is 6.92 Å². The number of esters is 1. The zero-order chi connectivity index (χ0) is 11.7. The molecule has 0 saturated heterocycles. The molecule has 1 aromatic heterocycles. The number of ether oxygens (including phenoxy) is 1. The summed E-state index contributed by atoms with van der Waals surface area (Å²) in [6.45, 7) is 1.31. The van der Waals surface area contributed by atoms with Crippen molar-refractivity contribution in [3.05, 3.63) is 23.0 Å². The minimum Gasteiger partial charge on any atom is -0.459 e. The number of hydrogen-bond donors (Lipinski definition) is 2. The van der Waals surface area contributed by atoms with Crippen molar-refractivity contribution < 1.29 is 19.4 Å². The second-order valence-electron chi connectivity index (χ2n) is 3.89. The summed E-state index contributed by atoms with van der Waals surface area (Å²) in [6.07, 6.45) is 2.01. The molecule has 16 heavy (non-hydrogen) atoms. The van der Waals surface area contributed by atoms with Crippen LogP contribution in [0.3, 0.4) is 0 Å². The van der Waals surface area contributed by atoms with Crippen LogP contribution >= 0.6 is 0 Å². The number of aliphatic hydroxyl groups excluding tert-OH is 1. The van der Waals surface area contributed by atoms with Gasteiger partial charge >= 0.3 is 5.97 Å². The maximum absolute atomic E-state index is 10.9. The summed E-state index contributed by atoms with van der Waals surface area (Å²) >= 11 is 0. The normalized spacial score (nSPS) is 23.6. The van der Waals surface area contributed by atoms with Gasteiger partial charge in [-0.15, -0.1) is 0 Å². The molecule has 1 heterocycles. The van der Waals surface area contributed by atoms with Crippen LogP contribution in [0.25, 0.3) is 0 Å². The number of hydrogen-bond acceptors (Lipinski definition) is 4. The van der Waals surface area contributed by atoms with Gasteiger partial charge in [-0.25, -0.2) is 0 Å². The molecule has 2 atom stereocenters. The third-order valence-corrected chi connectivity index (χ3v) is 2.81. The van der Waals surface area contributed by atoms with E-state index >= 15 is 0 Å². The number of aryl methyl sites for hydroxylation is 1. The first-order chi connectivity index (χ1) is 7.63. The molecule has 1 aliphatic carbocycles. The number of aliphatic hydroxyl groups is 1. The number of carbonyl (C=O) groups excluding carboxylic acids is 2.